The molecule has 0 heterocycles. The summed E-state index contributed by atoms with van der Waals surface area (Å²) < 4.78 is 0. The van der Waals surface area contributed by atoms with Crippen molar-refractivity contribution < 1.29 is 4.79 Å². The van der Waals surface area contributed by atoms with Crippen LogP contribution in [0, 0.1) is 7.43 Å². The third kappa shape index (κ3) is 275. The third-order valence-corrected chi connectivity index (χ3v) is 0.167. The Hall–Kier alpha value is -0.330. The van der Waals surface area contributed by atoms with E-state index < -0.39 is 0 Å². The van der Waals surface area contributed by atoms with Gasteiger partial charge in [0.25, 0.3) is 0 Å². The molecule has 0 aliphatic heterocycles. The topological polar surface area (TPSA) is 17.1 Å². The van der Waals surface area contributed by atoms with Gasteiger partial charge in [-0.05, 0) is 0 Å². The molecule has 0 atom stereocenters. The van der Waals surface area contributed by atoms with Crippen molar-refractivity contribution in [1.82, 2.24) is 0 Å². The monoisotopic (exact) mass is 117 g/mol. The molecule has 0 aromatic rings. The van der Waals surface area contributed by atoms with Gasteiger partial charge in [0.1, 0.15) is 6.29 Å². The van der Waals surface area contributed by atoms with E-state index in [2.05, 4.69) is 13.8 Å². The van der Waals surface area contributed by atoms with Crippen molar-refractivity contribution >= 4 is 6.29 Å². The Balaban J connectivity index is -0.0000000575. The van der Waals surface area contributed by atoms with Crippen LogP contribution < -0.4 is 0 Å². The van der Waals surface area contributed by atoms with Crippen LogP contribution in [0.5, 0.6) is 0 Å². The second-order valence-corrected chi connectivity index (χ2v) is 1.28. The van der Waals surface area contributed by atoms with Crippen LogP contribution in [0.15, 0.2) is 0 Å². The molecule has 0 radical (unpaired) electrons. The molecule has 0 aliphatic rings. The zero-order valence-corrected chi connectivity index (χ0v) is 6.40. The lowest BCUT2D eigenvalue weighted by atomic mass is 10.6. The highest BCUT2D eigenvalue weighted by atomic mass is 16.1. The van der Waals surface area contributed by atoms with E-state index in [4.69, 9.17) is 0 Å². The quantitative estimate of drug-likeness (QED) is 0.381. The summed E-state index contributed by atoms with van der Waals surface area (Å²) in [7, 11) is 0. The molecule has 0 rings (SSSR count). The van der Waals surface area contributed by atoms with E-state index in [-0.39, 0.29) is 7.43 Å². The Morgan fingerprint density at radius 1 is 1.25 bits per heavy atom. The van der Waals surface area contributed by atoms with Crippen LogP contribution in [0.3, 0.4) is 0 Å². The van der Waals surface area contributed by atoms with Crippen LogP contribution in [-0.4, -0.2) is 6.29 Å². The minimum Gasteiger partial charge on any atom is -0.358 e. The van der Waals surface area contributed by atoms with Crippen LogP contribution in [0.1, 0.15) is 33.6 Å². The van der Waals surface area contributed by atoms with Gasteiger partial charge in [0.2, 0.25) is 0 Å². The van der Waals surface area contributed by atoms with Gasteiger partial charge in [0.05, 0.1) is 0 Å². The van der Waals surface area contributed by atoms with E-state index in [0.29, 0.717) is 6.42 Å². The van der Waals surface area contributed by atoms with Crippen molar-refractivity contribution in [2.75, 3.05) is 0 Å². The normalized spacial score (nSPS) is 5.38. The average Bonchev–Trinajstić information content (AvgIpc) is 1.69. The van der Waals surface area contributed by atoms with Gasteiger partial charge in [-0.25, -0.2) is 0 Å². The first-order valence-corrected chi connectivity index (χ1v) is 2.77. The number of hydrogen-bond acceptors (Lipinski definition) is 1. The molecule has 0 saturated heterocycles. The Kier molecular flexibility index (Phi) is 58.8. The molecule has 0 bridgehead atoms. The van der Waals surface area contributed by atoms with Crippen molar-refractivity contribution in [2.24, 2.45) is 0 Å². The Morgan fingerprint density at radius 3 is 1.38 bits per heavy atom. The molecule has 0 saturated carbocycles. The molecule has 0 N–H and O–H groups in total. The van der Waals surface area contributed by atoms with E-state index in [1.54, 1.807) is 0 Å². The van der Waals surface area contributed by atoms with Crippen LogP contribution in [-0.2, 0) is 4.79 Å². The van der Waals surface area contributed by atoms with Crippen molar-refractivity contribution in [3.63, 3.8) is 0 Å². The van der Waals surface area contributed by atoms with E-state index >= 15 is 0 Å². The number of rotatable bonds is 1. The standard InChI is InChI=1S/C3H6O.C3H8.CH3/c1-2-3-4;1-3-2;/h3H,2H2,1H3;3H2,1-2H3;1H3/q;;-1. The van der Waals surface area contributed by atoms with Gasteiger partial charge in [0.15, 0.2) is 0 Å². The van der Waals surface area contributed by atoms with Crippen molar-refractivity contribution in [2.45, 2.75) is 33.6 Å². The number of carbonyl (C=O) groups is 1. The van der Waals surface area contributed by atoms with Gasteiger partial charge in [-0.2, -0.15) is 0 Å². The Labute approximate surface area is 53.1 Å². The van der Waals surface area contributed by atoms with Crippen LogP contribution in [0.2, 0.25) is 0 Å². The van der Waals surface area contributed by atoms with Crippen molar-refractivity contribution in [3.05, 3.63) is 7.43 Å². The molecule has 0 aliphatic carbocycles. The minimum atomic E-state index is 0. The van der Waals surface area contributed by atoms with Gasteiger partial charge in [-0.3, -0.25) is 0 Å². The van der Waals surface area contributed by atoms with E-state index in [9.17, 15) is 4.79 Å². The largest absolute Gasteiger partial charge is 0.358 e. The molecule has 0 unspecified atom stereocenters. The molecule has 1 heteroatoms. The molecule has 0 aromatic carbocycles. The summed E-state index contributed by atoms with van der Waals surface area (Å²) in [6.07, 6.45) is 2.76. The zero-order chi connectivity index (χ0) is 6.12. The fourth-order valence-corrected chi connectivity index (χ4v) is 0. The summed E-state index contributed by atoms with van der Waals surface area (Å²) in [4.78, 5) is 9.17. The Morgan fingerprint density at radius 2 is 1.38 bits per heavy atom. The van der Waals surface area contributed by atoms with Crippen LogP contribution in [0.4, 0.5) is 0 Å². The maximum absolute atomic E-state index is 9.17. The highest BCUT2D eigenvalue weighted by Crippen LogP contribution is 1.56. The average molecular weight is 117 g/mol. The second kappa shape index (κ2) is 30.1. The lowest BCUT2D eigenvalue weighted by Crippen LogP contribution is -1.55. The summed E-state index contributed by atoms with van der Waals surface area (Å²) in [5.74, 6) is 0. The molecule has 8 heavy (non-hydrogen) atoms. The van der Waals surface area contributed by atoms with Crippen molar-refractivity contribution in [1.29, 1.82) is 0 Å². The first-order valence-electron chi connectivity index (χ1n) is 2.77. The number of carbonyl (C=O) groups excluding carboxylic acids is 1. The van der Waals surface area contributed by atoms with Gasteiger partial charge in [0, 0.05) is 6.42 Å². The molecule has 0 fully saturated rings. The summed E-state index contributed by atoms with van der Waals surface area (Å²) >= 11 is 0. The third-order valence-electron chi connectivity index (χ3n) is 0.167. The van der Waals surface area contributed by atoms with E-state index in [1.165, 1.54) is 6.42 Å². The molecule has 1 nitrogen and oxygen atoms in total. The fraction of sp³-hybridized carbons (Fsp3) is 0.714. The van der Waals surface area contributed by atoms with Gasteiger partial charge < -0.3 is 12.2 Å². The predicted octanol–water partition coefficient (Wildman–Crippen LogP) is 2.46. The Bertz CT molecular complexity index is 25.6. The molecular weight excluding hydrogens is 100 g/mol. The first-order chi connectivity index (χ1) is 3.33. The van der Waals surface area contributed by atoms with E-state index in [1.807, 2.05) is 6.92 Å². The lowest BCUT2D eigenvalue weighted by Gasteiger charge is -1.51. The SMILES string of the molecule is CCC.CCC=O.[CH3-]. The number of aldehydes is 1. The van der Waals surface area contributed by atoms with E-state index in [0.717, 1.165) is 6.29 Å². The fourth-order valence-electron chi connectivity index (χ4n) is 0. The molecular formula is C7H17O-. The minimum absolute atomic E-state index is 0. The maximum atomic E-state index is 9.17. The predicted molar refractivity (Wildman–Crippen MR) is 38.7 cm³/mol. The molecule has 52 valence electrons. The lowest BCUT2D eigenvalue weighted by molar-refractivity contribution is -0.107. The molecule has 0 aromatic heterocycles. The summed E-state index contributed by atoms with van der Waals surface area (Å²) in [6, 6.07) is 0. The summed E-state index contributed by atoms with van der Waals surface area (Å²) in [5.41, 5.74) is 0. The highest BCUT2D eigenvalue weighted by Gasteiger charge is 1.52. The van der Waals surface area contributed by atoms with Crippen LogP contribution >= 0.6 is 0 Å². The van der Waals surface area contributed by atoms with Gasteiger partial charge >= 0.3 is 0 Å². The first kappa shape index (κ1) is 15.6. The smallest absolute Gasteiger partial charge is 0.119 e. The molecule has 0 spiro atoms. The van der Waals surface area contributed by atoms with Gasteiger partial charge in [-0.15, -0.1) is 0 Å². The van der Waals surface area contributed by atoms with Crippen LogP contribution in [0.25, 0.3) is 0 Å². The highest BCUT2D eigenvalue weighted by molar-refractivity contribution is 5.48. The summed E-state index contributed by atoms with van der Waals surface area (Å²) in [5, 5.41) is 0. The summed E-state index contributed by atoms with van der Waals surface area (Å²) in [6.45, 7) is 6.06. The maximum Gasteiger partial charge on any atom is 0.119 e. The van der Waals surface area contributed by atoms with Gasteiger partial charge in [-0.1, -0.05) is 27.2 Å². The molecule has 0 amide bonds. The second-order valence-electron chi connectivity index (χ2n) is 1.28. The number of hydrogen-bond donors (Lipinski definition) is 0. The zero-order valence-electron chi connectivity index (χ0n) is 6.40. The van der Waals surface area contributed by atoms with Crippen molar-refractivity contribution in [3.8, 4) is 0 Å².